The van der Waals surface area contributed by atoms with E-state index in [0.717, 1.165) is 16.8 Å². The third-order valence-corrected chi connectivity index (χ3v) is 2.89. The van der Waals surface area contributed by atoms with Crippen molar-refractivity contribution < 1.29 is 9.18 Å². The van der Waals surface area contributed by atoms with Gasteiger partial charge in [-0.25, -0.2) is 4.39 Å². The van der Waals surface area contributed by atoms with Gasteiger partial charge >= 0.3 is 0 Å². The van der Waals surface area contributed by atoms with Gasteiger partial charge in [-0.15, -0.1) is 0 Å². The zero-order valence-electron chi connectivity index (χ0n) is 10.6. The molecule has 19 heavy (non-hydrogen) atoms. The minimum absolute atomic E-state index is 0.279. The number of nitrogens with one attached hydrogen (secondary N) is 1. The van der Waals surface area contributed by atoms with E-state index >= 15 is 0 Å². The number of carbonyl (C=O) groups excluding carboxylic acids is 1. The van der Waals surface area contributed by atoms with Crippen molar-refractivity contribution in [2.75, 3.05) is 5.32 Å². The molecule has 0 bridgehead atoms. The third kappa shape index (κ3) is 3.31. The van der Waals surface area contributed by atoms with Crippen LogP contribution < -0.4 is 11.1 Å². The van der Waals surface area contributed by atoms with Crippen molar-refractivity contribution >= 4 is 11.6 Å². The van der Waals surface area contributed by atoms with Crippen LogP contribution in [0.5, 0.6) is 0 Å². The molecular formula is C15H15FN2O. The summed E-state index contributed by atoms with van der Waals surface area (Å²) in [7, 11) is 0. The summed E-state index contributed by atoms with van der Waals surface area (Å²) in [6.07, 6.45) is 0. The predicted molar refractivity (Wildman–Crippen MR) is 73.4 cm³/mol. The van der Waals surface area contributed by atoms with Crippen molar-refractivity contribution in [2.45, 2.75) is 13.5 Å². The van der Waals surface area contributed by atoms with E-state index in [-0.39, 0.29) is 5.82 Å². The molecule has 0 radical (unpaired) electrons. The zero-order chi connectivity index (χ0) is 13.8. The minimum atomic E-state index is -0.455. The highest BCUT2D eigenvalue weighted by Gasteiger charge is 2.03. The lowest BCUT2D eigenvalue weighted by Gasteiger charge is -2.10. The first kappa shape index (κ1) is 13.1. The second kappa shape index (κ2) is 5.52. The molecule has 2 rings (SSSR count). The Morgan fingerprint density at radius 3 is 2.79 bits per heavy atom. The van der Waals surface area contributed by atoms with Crippen LogP contribution in [0.2, 0.25) is 0 Å². The number of amides is 1. The van der Waals surface area contributed by atoms with Crippen molar-refractivity contribution in [1.82, 2.24) is 0 Å². The highest BCUT2D eigenvalue weighted by atomic mass is 19.1. The van der Waals surface area contributed by atoms with Gasteiger partial charge in [0, 0.05) is 17.8 Å². The lowest BCUT2D eigenvalue weighted by molar-refractivity contribution is 0.1000. The summed E-state index contributed by atoms with van der Waals surface area (Å²) in [5.74, 6) is -0.734. The van der Waals surface area contributed by atoms with Crippen LogP contribution in [0.25, 0.3) is 0 Å². The van der Waals surface area contributed by atoms with Gasteiger partial charge < -0.3 is 11.1 Å². The highest BCUT2D eigenvalue weighted by molar-refractivity contribution is 5.92. The fourth-order valence-corrected chi connectivity index (χ4v) is 1.82. The summed E-state index contributed by atoms with van der Waals surface area (Å²) in [5.41, 5.74) is 8.31. The van der Waals surface area contributed by atoms with E-state index in [1.54, 1.807) is 24.3 Å². The molecule has 0 spiro atoms. The molecule has 1 amide bonds. The largest absolute Gasteiger partial charge is 0.381 e. The lowest BCUT2D eigenvalue weighted by atomic mass is 10.1. The Kier molecular flexibility index (Phi) is 3.80. The van der Waals surface area contributed by atoms with Gasteiger partial charge in [0.2, 0.25) is 5.91 Å². The highest BCUT2D eigenvalue weighted by Crippen LogP contribution is 2.17. The molecule has 0 aliphatic rings. The number of hydrogen-bond donors (Lipinski definition) is 2. The summed E-state index contributed by atoms with van der Waals surface area (Å²) in [4.78, 5) is 11.1. The Labute approximate surface area is 111 Å². The summed E-state index contributed by atoms with van der Waals surface area (Å²) < 4.78 is 13.1. The summed E-state index contributed by atoms with van der Waals surface area (Å²) in [6.45, 7) is 2.41. The van der Waals surface area contributed by atoms with E-state index in [1.807, 2.05) is 13.0 Å². The van der Waals surface area contributed by atoms with Crippen LogP contribution in [0, 0.1) is 12.7 Å². The van der Waals surface area contributed by atoms with Gasteiger partial charge in [0.15, 0.2) is 0 Å². The number of carbonyl (C=O) groups is 1. The zero-order valence-corrected chi connectivity index (χ0v) is 10.6. The van der Waals surface area contributed by atoms with E-state index in [9.17, 15) is 9.18 Å². The fraction of sp³-hybridized carbons (Fsp3) is 0.133. The van der Waals surface area contributed by atoms with Crippen LogP contribution in [-0.2, 0) is 6.54 Å². The second-order valence-electron chi connectivity index (χ2n) is 4.38. The molecule has 98 valence electrons. The topological polar surface area (TPSA) is 55.1 Å². The van der Waals surface area contributed by atoms with E-state index in [1.165, 1.54) is 12.1 Å². The van der Waals surface area contributed by atoms with Gasteiger partial charge in [-0.3, -0.25) is 4.79 Å². The second-order valence-corrected chi connectivity index (χ2v) is 4.38. The Morgan fingerprint density at radius 2 is 2.05 bits per heavy atom. The van der Waals surface area contributed by atoms with E-state index in [4.69, 9.17) is 5.73 Å². The maximum atomic E-state index is 13.1. The predicted octanol–water partition coefficient (Wildman–Crippen LogP) is 2.85. The van der Waals surface area contributed by atoms with Gasteiger partial charge in [0.05, 0.1) is 0 Å². The average molecular weight is 258 g/mol. The Bertz CT molecular complexity index is 611. The molecule has 0 aromatic heterocycles. The van der Waals surface area contributed by atoms with Crippen molar-refractivity contribution in [3.63, 3.8) is 0 Å². The van der Waals surface area contributed by atoms with Crippen LogP contribution in [-0.4, -0.2) is 5.91 Å². The summed E-state index contributed by atoms with van der Waals surface area (Å²) in [5, 5.41) is 3.14. The smallest absolute Gasteiger partial charge is 0.248 e. The monoisotopic (exact) mass is 258 g/mol. The first-order valence-corrected chi connectivity index (χ1v) is 5.95. The van der Waals surface area contributed by atoms with E-state index in [2.05, 4.69) is 5.32 Å². The van der Waals surface area contributed by atoms with E-state index < -0.39 is 5.91 Å². The first-order chi connectivity index (χ1) is 9.06. The van der Waals surface area contributed by atoms with Crippen molar-refractivity contribution in [3.8, 4) is 0 Å². The molecule has 2 aromatic carbocycles. The number of rotatable bonds is 4. The first-order valence-electron chi connectivity index (χ1n) is 5.95. The molecule has 0 saturated heterocycles. The lowest BCUT2D eigenvalue weighted by Crippen LogP contribution is -2.11. The van der Waals surface area contributed by atoms with Crippen LogP contribution >= 0.6 is 0 Å². The van der Waals surface area contributed by atoms with Gasteiger partial charge in [-0.1, -0.05) is 18.2 Å². The molecule has 0 fully saturated rings. The molecule has 0 unspecified atom stereocenters. The van der Waals surface area contributed by atoms with Crippen molar-refractivity contribution in [2.24, 2.45) is 5.73 Å². The fourth-order valence-electron chi connectivity index (χ4n) is 1.82. The molecule has 0 heterocycles. The molecule has 2 aromatic rings. The Morgan fingerprint density at radius 1 is 1.26 bits per heavy atom. The summed E-state index contributed by atoms with van der Waals surface area (Å²) in [6, 6.07) is 11.6. The number of nitrogens with two attached hydrogens (primary N) is 1. The number of aryl methyl sites for hydroxylation is 1. The maximum absolute atomic E-state index is 13.1. The average Bonchev–Trinajstić information content (AvgIpc) is 2.40. The number of primary amides is 1. The number of halogens is 1. The quantitative estimate of drug-likeness (QED) is 0.886. The molecular weight excluding hydrogens is 243 g/mol. The van der Waals surface area contributed by atoms with Gasteiger partial charge in [-0.2, -0.15) is 0 Å². The SMILES string of the molecule is Cc1ccc(F)cc1NCc1cccc(C(N)=O)c1. The van der Waals surface area contributed by atoms with Crippen LogP contribution in [0.1, 0.15) is 21.5 Å². The number of hydrogen-bond acceptors (Lipinski definition) is 2. The van der Waals surface area contributed by atoms with Crippen molar-refractivity contribution in [1.29, 1.82) is 0 Å². The van der Waals surface area contributed by atoms with Gasteiger partial charge in [0.25, 0.3) is 0 Å². The van der Waals surface area contributed by atoms with Gasteiger partial charge in [0.1, 0.15) is 5.82 Å². The van der Waals surface area contributed by atoms with Crippen LogP contribution in [0.4, 0.5) is 10.1 Å². The van der Waals surface area contributed by atoms with Gasteiger partial charge in [-0.05, 0) is 42.3 Å². The van der Waals surface area contributed by atoms with Crippen LogP contribution in [0.15, 0.2) is 42.5 Å². The van der Waals surface area contributed by atoms with Crippen molar-refractivity contribution in [3.05, 3.63) is 65.0 Å². The Balaban J connectivity index is 2.12. The standard InChI is InChI=1S/C15H15FN2O/c1-10-5-6-13(16)8-14(10)18-9-11-3-2-4-12(7-11)15(17)19/h2-8,18H,9H2,1H3,(H2,17,19). The molecule has 0 aliphatic carbocycles. The van der Waals surface area contributed by atoms with E-state index in [0.29, 0.717) is 12.1 Å². The summed E-state index contributed by atoms with van der Waals surface area (Å²) >= 11 is 0. The molecule has 0 saturated carbocycles. The number of anilines is 1. The minimum Gasteiger partial charge on any atom is -0.381 e. The maximum Gasteiger partial charge on any atom is 0.248 e. The molecule has 0 atom stereocenters. The van der Waals surface area contributed by atoms with Crippen LogP contribution in [0.3, 0.4) is 0 Å². The number of benzene rings is 2. The molecule has 4 heteroatoms. The third-order valence-electron chi connectivity index (χ3n) is 2.89. The normalized spacial score (nSPS) is 10.2. The molecule has 3 N–H and O–H groups in total. The molecule has 0 aliphatic heterocycles. The Hall–Kier alpha value is -2.36. The molecule has 3 nitrogen and oxygen atoms in total.